The molecular weight excluding hydrogens is 376 g/mol. The Kier molecular flexibility index (Phi) is 3.92. The second kappa shape index (κ2) is 6.67. The molecule has 1 unspecified atom stereocenters. The van der Waals surface area contributed by atoms with Crippen LogP contribution in [0.3, 0.4) is 0 Å². The van der Waals surface area contributed by atoms with Gasteiger partial charge in [0.15, 0.2) is 5.65 Å². The molecule has 30 heavy (non-hydrogen) atoms. The summed E-state index contributed by atoms with van der Waals surface area (Å²) in [5, 5.41) is 28.6. The first-order valence-corrected chi connectivity index (χ1v) is 10.6. The van der Waals surface area contributed by atoms with Crippen LogP contribution < -0.4 is 5.32 Å². The number of hydrogen-bond acceptors (Lipinski definition) is 5. The molecule has 4 aromatic rings. The van der Waals surface area contributed by atoms with Crippen molar-refractivity contribution in [3.05, 3.63) is 48.9 Å². The van der Waals surface area contributed by atoms with Crippen LogP contribution in [0.4, 0.5) is 0 Å². The fourth-order valence-electron chi connectivity index (χ4n) is 5.13. The van der Waals surface area contributed by atoms with Crippen LogP contribution >= 0.6 is 0 Å². The van der Waals surface area contributed by atoms with Gasteiger partial charge in [0, 0.05) is 54.1 Å². The Hall–Kier alpha value is -3.19. The van der Waals surface area contributed by atoms with E-state index in [1.165, 1.54) is 12.8 Å². The Bertz CT molecular complexity index is 1230. The van der Waals surface area contributed by atoms with E-state index >= 15 is 0 Å². The number of aromatic hydroxyl groups is 1. The summed E-state index contributed by atoms with van der Waals surface area (Å²) in [4.78, 5) is 0. The molecule has 7 nitrogen and oxygen atoms in total. The largest absolute Gasteiger partial charge is 0.507 e. The van der Waals surface area contributed by atoms with E-state index in [2.05, 4.69) is 37.4 Å². The van der Waals surface area contributed by atoms with Gasteiger partial charge in [-0.1, -0.05) is 6.07 Å². The first kappa shape index (κ1) is 17.7. The minimum Gasteiger partial charge on any atom is -0.507 e. The number of nitrogens with one attached hydrogen (secondary N) is 1. The Morgan fingerprint density at radius 3 is 2.60 bits per heavy atom. The van der Waals surface area contributed by atoms with Crippen molar-refractivity contribution in [1.82, 2.24) is 29.9 Å². The van der Waals surface area contributed by atoms with Gasteiger partial charge in [0.1, 0.15) is 5.75 Å². The smallest absolute Gasteiger partial charge is 0.162 e. The van der Waals surface area contributed by atoms with Crippen LogP contribution in [-0.2, 0) is 7.05 Å². The molecule has 2 aliphatic rings. The van der Waals surface area contributed by atoms with Crippen LogP contribution in [0.25, 0.3) is 33.4 Å². The van der Waals surface area contributed by atoms with E-state index in [-0.39, 0.29) is 5.75 Å². The zero-order valence-electron chi connectivity index (χ0n) is 16.9. The van der Waals surface area contributed by atoms with E-state index < -0.39 is 0 Å². The third kappa shape index (κ3) is 2.89. The van der Waals surface area contributed by atoms with Crippen LogP contribution in [-0.4, -0.2) is 41.7 Å². The number of fused-ring (bicyclic) bond motifs is 3. The predicted octanol–water partition coefficient (Wildman–Crippen LogP) is 3.66. The fraction of sp³-hybridized carbons (Fsp3) is 0.348. The molecule has 2 N–H and O–H groups in total. The molecule has 1 aromatic carbocycles. The number of nitrogens with zero attached hydrogens (tertiary/aromatic N) is 5. The van der Waals surface area contributed by atoms with Crippen molar-refractivity contribution in [3.8, 4) is 28.1 Å². The van der Waals surface area contributed by atoms with E-state index in [0.717, 1.165) is 35.0 Å². The van der Waals surface area contributed by atoms with Crippen molar-refractivity contribution in [2.24, 2.45) is 7.05 Å². The SMILES string of the molecule is Cn1cc(-c2ccc(-c3cc4ccn(C5C[C@H]6CC[C@@H](C5)N6)c4nn3)c(O)c2)cn1. The third-order valence-electron chi connectivity index (χ3n) is 6.62. The molecule has 6 rings (SSSR count). The molecule has 0 spiro atoms. The normalized spacial score (nSPS) is 23.3. The number of aromatic nitrogens is 5. The highest BCUT2D eigenvalue weighted by molar-refractivity contribution is 5.82. The number of phenolic OH excluding ortho intramolecular Hbond substituents is 1. The molecule has 3 aromatic heterocycles. The van der Waals surface area contributed by atoms with Gasteiger partial charge in [-0.25, -0.2) is 0 Å². The average Bonchev–Trinajstić information content (AvgIpc) is 3.45. The van der Waals surface area contributed by atoms with Gasteiger partial charge < -0.3 is 15.0 Å². The molecule has 3 atom stereocenters. The maximum Gasteiger partial charge on any atom is 0.162 e. The first-order chi connectivity index (χ1) is 14.6. The second-order valence-electron chi connectivity index (χ2n) is 8.63. The minimum absolute atomic E-state index is 0.194. The maximum absolute atomic E-state index is 10.7. The standard InChI is InChI=1S/C23H24N6O/c1-28-13-16(12-24-28)14-2-5-20(22(30)9-14)21-8-15-6-7-29(23(15)27-26-21)19-10-17-3-4-18(11-19)25-17/h2,5-9,12-13,17-19,25,30H,3-4,10-11H2,1H3/t17-,18+,19?. The predicted molar refractivity (Wildman–Crippen MR) is 115 cm³/mol. The maximum atomic E-state index is 10.7. The lowest BCUT2D eigenvalue weighted by molar-refractivity contribution is 0.303. The van der Waals surface area contributed by atoms with Gasteiger partial charge in [-0.15, -0.1) is 10.2 Å². The van der Waals surface area contributed by atoms with Gasteiger partial charge in [-0.05, 0) is 55.5 Å². The summed E-state index contributed by atoms with van der Waals surface area (Å²) in [5.41, 5.74) is 4.18. The summed E-state index contributed by atoms with van der Waals surface area (Å²) in [7, 11) is 1.88. The zero-order valence-corrected chi connectivity index (χ0v) is 16.9. The molecule has 7 heteroatoms. The van der Waals surface area contributed by atoms with Crippen molar-refractivity contribution in [2.45, 2.75) is 43.8 Å². The lowest BCUT2D eigenvalue weighted by atomic mass is 10.00. The first-order valence-electron chi connectivity index (χ1n) is 10.6. The van der Waals surface area contributed by atoms with E-state index in [0.29, 0.717) is 29.4 Å². The molecule has 0 saturated carbocycles. The van der Waals surface area contributed by atoms with E-state index in [1.807, 2.05) is 31.4 Å². The van der Waals surface area contributed by atoms with Crippen molar-refractivity contribution in [1.29, 1.82) is 0 Å². The Morgan fingerprint density at radius 2 is 1.87 bits per heavy atom. The monoisotopic (exact) mass is 400 g/mol. The Morgan fingerprint density at radius 1 is 1.03 bits per heavy atom. The zero-order chi connectivity index (χ0) is 20.2. The molecule has 0 aliphatic carbocycles. The van der Waals surface area contributed by atoms with Crippen molar-refractivity contribution in [3.63, 3.8) is 0 Å². The van der Waals surface area contributed by atoms with Gasteiger partial charge in [-0.3, -0.25) is 4.68 Å². The van der Waals surface area contributed by atoms with Gasteiger partial charge in [0.2, 0.25) is 0 Å². The number of rotatable bonds is 3. The molecule has 2 bridgehead atoms. The van der Waals surface area contributed by atoms with Crippen LogP contribution in [0.15, 0.2) is 48.9 Å². The quantitative estimate of drug-likeness (QED) is 0.549. The summed E-state index contributed by atoms with van der Waals surface area (Å²) < 4.78 is 4.04. The summed E-state index contributed by atoms with van der Waals surface area (Å²) >= 11 is 0. The minimum atomic E-state index is 0.194. The van der Waals surface area contributed by atoms with Crippen LogP contribution in [0.5, 0.6) is 5.75 Å². The highest BCUT2D eigenvalue weighted by Gasteiger charge is 2.34. The molecule has 2 fully saturated rings. The number of benzene rings is 1. The lowest BCUT2D eigenvalue weighted by Gasteiger charge is -2.30. The number of piperidine rings is 1. The molecule has 152 valence electrons. The number of hydrogen-bond donors (Lipinski definition) is 2. The molecule has 0 amide bonds. The average molecular weight is 400 g/mol. The van der Waals surface area contributed by atoms with Gasteiger partial charge in [-0.2, -0.15) is 5.10 Å². The van der Waals surface area contributed by atoms with E-state index in [4.69, 9.17) is 0 Å². The highest BCUT2D eigenvalue weighted by Crippen LogP contribution is 2.37. The Balaban J connectivity index is 1.33. The fourth-order valence-corrected chi connectivity index (χ4v) is 5.13. The summed E-state index contributed by atoms with van der Waals surface area (Å²) in [6, 6.07) is 11.5. The molecule has 5 heterocycles. The molecule has 2 aliphatic heterocycles. The van der Waals surface area contributed by atoms with Crippen LogP contribution in [0.1, 0.15) is 31.7 Å². The molecule has 0 radical (unpaired) electrons. The van der Waals surface area contributed by atoms with E-state index in [1.54, 1.807) is 16.9 Å². The number of phenols is 1. The van der Waals surface area contributed by atoms with E-state index in [9.17, 15) is 5.11 Å². The third-order valence-corrected chi connectivity index (χ3v) is 6.62. The summed E-state index contributed by atoms with van der Waals surface area (Å²) in [5.74, 6) is 0.194. The van der Waals surface area contributed by atoms with Gasteiger partial charge in [0.25, 0.3) is 0 Å². The highest BCUT2D eigenvalue weighted by atomic mass is 16.3. The number of aryl methyl sites for hydroxylation is 1. The van der Waals surface area contributed by atoms with Crippen LogP contribution in [0.2, 0.25) is 0 Å². The van der Waals surface area contributed by atoms with Gasteiger partial charge >= 0.3 is 0 Å². The molecule has 2 saturated heterocycles. The second-order valence-corrected chi connectivity index (χ2v) is 8.63. The lowest BCUT2D eigenvalue weighted by Crippen LogP contribution is -2.38. The van der Waals surface area contributed by atoms with Crippen molar-refractivity contribution >= 4 is 11.0 Å². The Labute approximate surface area is 174 Å². The van der Waals surface area contributed by atoms with Crippen molar-refractivity contribution < 1.29 is 5.11 Å². The summed E-state index contributed by atoms with van der Waals surface area (Å²) in [6.07, 6.45) is 10.7. The summed E-state index contributed by atoms with van der Waals surface area (Å²) in [6.45, 7) is 0. The topological polar surface area (TPSA) is 80.8 Å². The van der Waals surface area contributed by atoms with Gasteiger partial charge in [0.05, 0.1) is 11.9 Å². The van der Waals surface area contributed by atoms with Crippen LogP contribution in [0, 0.1) is 0 Å². The molecular formula is C23H24N6O. The van der Waals surface area contributed by atoms with Crippen molar-refractivity contribution in [2.75, 3.05) is 0 Å².